The highest BCUT2D eigenvalue weighted by molar-refractivity contribution is 6.02. The maximum absolute atomic E-state index is 11.2. The van der Waals surface area contributed by atoms with Crippen molar-refractivity contribution in [3.05, 3.63) is 39.4 Å². The number of nitro benzene ring substituents is 1. The summed E-state index contributed by atoms with van der Waals surface area (Å²) in [6.45, 7) is 0.385. The van der Waals surface area contributed by atoms with Crippen LogP contribution in [0.4, 0.5) is 5.69 Å². The Hall–Kier alpha value is -1.91. The second-order valence-corrected chi connectivity index (χ2v) is 2.75. The van der Waals surface area contributed by atoms with Crippen LogP contribution in [0.25, 0.3) is 0 Å². The lowest BCUT2D eigenvalue weighted by Gasteiger charge is -1.96. The molecule has 1 heterocycles. The van der Waals surface area contributed by atoms with Gasteiger partial charge in [0, 0.05) is 12.6 Å². The highest BCUT2D eigenvalue weighted by Gasteiger charge is 2.27. The van der Waals surface area contributed by atoms with Gasteiger partial charge in [0.05, 0.1) is 4.92 Å². The fourth-order valence-electron chi connectivity index (χ4n) is 1.41. The molecule has 5 heteroatoms. The van der Waals surface area contributed by atoms with Gasteiger partial charge in [0.1, 0.15) is 5.56 Å². The van der Waals surface area contributed by atoms with Gasteiger partial charge in [0.25, 0.3) is 11.6 Å². The number of carbonyl (C=O) groups is 1. The van der Waals surface area contributed by atoms with Crippen LogP contribution in [0.2, 0.25) is 0 Å². The predicted molar refractivity (Wildman–Crippen MR) is 44.3 cm³/mol. The van der Waals surface area contributed by atoms with E-state index in [1.807, 2.05) is 0 Å². The van der Waals surface area contributed by atoms with Crippen LogP contribution in [0.15, 0.2) is 18.2 Å². The summed E-state index contributed by atoms with van der Waals surface area (Å²) in [6.07, 6.45) is 0. The number of nitrogens with zero attached hydrogens (tertiary/aromatic N) is 1. The van der Waals surface area contributed by atoms with Gasteiger partial charge in [-0.1, -0.05) is 12.1 Å². The van der Waals surface area contributed by atoms with Gasteiger partial charge in [-0.25, -0.2) is 0 Å². The summed E-state index contributed by atoms with van der Waals surface area (Å²) < 4.78 is 0. The molecule has 0 saturated carbocycles. The molecular formula is C8H6N2O3. The number of rotatable bonds is 1. The van der Waals surface area contributed by atoms with E-state index in [4.69, 9.17) is 0 Å². The molecule has 0 unspecified atom stereocenters. The van der Waals surface area contributed by atoms with E-state index in [9.17, 15) is 14.9 Å². The molecule has 2 rings (SSSR count). The summed E-state index contributed by atoms with van der Waals surface area (Å²) >= 11 is 0. The molecule has 5 nitrogen and oxygen atoms in total. The van der Waals surface area contributed by atoms with E-state index in [1.165, 1.54) is 6.07 Å². The van der Waals surface area contributed by atoms with Gasteiger partial charge in [-0.2, -0.15) is 0 Å². The first-order valence-electron chi connectivity index (χ1n) is 3.74. The zero-order valence-corrected chi connectivity index (χ0v) is 6.61. The molecule has 13 heavy (non-hydrogen) atoms. The third-order valence-corrected chi connectivity index (χ3v) is 1.99. The molecule has 66 valence electrons. The number of hydrogen-bond donors (Lipinski definition) is 1. The molecule has 0 radical (unpaired) electrons. The first kappa shape index (κ1) is 7.72. The van der Waals surface area contributed by atoms with Crippen LogP contribution in [0.5, 0.6) is 0 Å². The van der Waals surface area contributed by atoms with Crippen molar-refractivity contribution in [3.8, 4) is 0 Å². The minimum Gasteiger partial charge on any atom is -0.348 e. The van der Waals surface area contributed by atoms with Crippen molar-refractivity contribution in [1.29, 1.82) is 0 Å². The van der Waals surface area contributed by atoms with Crippen molar-refractivity contribution in [2.24, 2.45) is 0 Å². The second-order valence-electron chi connectivity index (χ2n) is 2.75. The summed E-state index contributed by atoms with van der Waals surface area (Å²) in [6, 6.07) is 4.63. The fourth-order valence-corrected chi connectivity index (χ4v) is 1.41. The van der Waals surface area contributed by atoms with Crippen molar-refractivity contribution in [1.82, 2.24) is 5.32 Å². The molecule has 1 aromatic carbocycles. The van der Waals surface area contributed by atoms with E-state index in [-0.39, 0.29) is 17.2 Å². The highest BCUT2D eigenvalue weighted by atomic mass is 16.6. The highest BCUT2D eigenvalue weighted by Crippen LogP contribution is 2.25. The molecule has 1 amide bonds. The van der Waals surface area contributed by atoms with Crippen molar-refractivity contribution in [2.45, 2.75) is 6.54 Å². The smallest absolute Gasteiger partial charge is 0.282 e. The van der Waals surface area contributed by atoms with Crippen molar-refractivity contribution in [2.75, 3.05) is 0 Å². The Kier molecular flexibility index (Phi) is 1.51. The Bertz CT molecular complexity index is 400. The van der Waals surface area contributed by atoms with E-state index in [1.54, 1.807) is 12.1 Å². The zero-order valence-electron chi connectivity index (χ0n) is 6.61. The Morgan fingerprint density at radius 1 is 1.46 bits per heavy atom. The van der Waals surface area contributed by atoms with Crippen LogP contribution >= 0.6 is 0 Å². The predicted octanol–water partition coefficient (Wildman–Crippen LogP) is 0.838. The van der Waals surface area contributed by atoms with Gasteiger partial charge in [0.2, 0.25) is 0 Å². The Morgan fingerprint density at radius 2 is 2.23 bits per heavy atom. The summed E-state index contributed by atoms with van der Waals surface area (Å²) in [5, 5.41) is 13.1. The Morgan fingerprint density at radius 3 is 2.92 bits per heavy atom. The quantitative estimate of drug-likeness (QED) is 0.511. The van der Waals surface area contributed by atoms with Crippen molar-refractivity contribution in [3.63, 3.8) is 0 Å². The average molecular weight is 178 g/mol. The van der Waals surface area contributed by atoms with Crippen molar-refractivity contribution < 1.29 is 9.72 Å². The SMILES string of the molecule is O=C1NCc2cccc([N+](=O)[O-])c21. The normalized spacial score (nSPS) is 13.7. The first-order valence-corrected chi connectivity index (χ1v) is 3.74. The fraction of sp³-hybridized carbons (Fsp3) is 0.125. The molecule has 0 atom stereocenters. The van der Waals surface area contributed by atoms with Gasteiger partial charge < -0.3 is 5.32 Å². The van der Waals surface area contributed by atoms with Crippen LogP contribution in [0.3, 0.4) is 0 Å². The molecule has 0 aliphatic carbocycles. The number of hydrogen-bond acceptors (Lipinski definition) is 3. The molecule has 0 fully saturated rings. The number of nitro groups is 1. The summed E-state index contributed by atoms with van der Waals surface area (Å²) in [5.41, 5.74) is 0.777. The largest absolute Gasteiger partial charge is 0.348 e. The van der Waals surface area contributed by atoms with E-state index < -0.39 is 4.92 Å². The van der Waals surface area contributed by atoms with Gasteiger partial charge in [-0.3, -0.25) is 14.9 Å². The van der Waals surface area contributed by atoms with Gasteiger partial charge in [-0.15, -0.1) is 0 Å². The maximum Gasteiger partial charge on any atom is 0.282 e. The average Bonchev–Trinajstić information content (AvgIpc) is 2.48. The molecule has 1 N–H and O–H groups in total. The Labute approximate surface area is 73.5 Å². The minimum atomic E-state index is -0.538. The topological polar surface area (TPSA) is 72.2 Å². The molecule has 1 aliphatic heterocycles. The van der Waals surface area contributed by atoms with Gasteiger partial charge >= 0.3 is 0 Å². The molecule has 0 saturated heterocycles. The standard InChI is InChI=1S/C8H6N2O3/c11-8-7-5(4-9-8)2-1-3-6(7)10(12)13/h1-3H,4H2,(H,9,11). The van der Waals surface area contributed by atoms with E-state index in [0.717, 1.165) is 0 Å². The van der Waals surface area contributed by atoms with Crippen LogP contribution in [-0.4, -0.2) is 10.8 Å². The lowest BCUT2D eigenvalue weighted by atomic mass is 10.1. The summed E-state index contributed by atoms with van der Waals surface area (Å²) in [5.74, 6) is -0.359. The van der Waals surface area contributed by atoms with Gasteiger partial charge in [-0.05, 0) is 5.56 Å². The second kappa shape index (κ2) is 2.55. The molecule has 1 aliphatic rings. The zero-order chi connectivity index (χ0) is 9.42. The van der Waals surface area contributed by atoms with Crippen LogP contribution in [0, 0.1) is 10.1 Å². The van der Waals surface area contributed by atoms with E-state index in [2.05, 4.69) is 5.32 Å². The van der Waals surface area contributed by atoms with E-state index >= 15 is 0 Å². The number of benzene rings is 1. The Balaban J connectivity index is 2.66. The number of amides is 1. The number of nitrogens with one attached hydrogen (secondary N) is 1. The number of fused-ring (bicyclic) bond motifs is 1. The lowest BCUT2D eigenvalue weighted by molar-refractivity contribution is -0.385. The molecule has 0 aromatic heterocycles. The third kappa shape index (κ3) is 1.05. The summed E-state index contributed by atoms with van der Waals surface area (Å²) in [4.78, 5) is 21.2. The van der Waals surface area contributed by atoms with Crippen LogP contribution in [0.1, 0.15) is 15.9 Å². The van der Waals surface area contributed by atoms with Crippen molar-refractivity contribution >= 4 is 11.6 Å². The number of carbonyl (C=O) groups excluding carboxylic acids is 1. The van der Waals surface area contributed by atoms with E-state index in [0.29, 0.717) is 12.1 Å². The van der Waals surface area contributed by atoms with Crippen LogP contribution < -0.4 is 5.32 Å². The van der Waals surface area contributed by atoms with Gasteiger partial charge in [0.15, 0.2) is 0 Å². The summed E-state index contributed by atoms with van der Waals surface area (Å²) in [7, 11) is 0. The molecule has 1 aromatic rings. The first-order chi connectivity index (χ1) is 6.20. The monoisotopic (exact) mass is 178 g/mol. The minimum absolute atomic E-state index is 0.118. The molecule has 0 spiro atoms. The maximum atomic E-state index is 11.2. The lowest BCUT2D eigenvalue weighted by Crippen LogP contribution is -2.13. The third-order valence-electron chi connectivity index (χ3n) is 1.99. The molecular weight excluding hydrogens is 172 g/mol. The van der Waals surface area contributed by atoms with Crippen LogP contribution in [-0.2, 0) is 6.54 Å². The molecule has 0 bridgehead atoms.